The average Bonchev–Trinajstić information content (AvgIpc) is 2.43. The van der Waals surface area contributed by atoms with Crippen molar-refractivity contribution in [2.75, 3.05) is 24.5 Å². The highest BCUT2D eigenvalue weighted by Crippen LogP contribution is 2.41. The molecule has 2 aliphatic rings. The first-order valence-electron chi connectivity index (χ1n) is 8.30. The monoisotopic (exact) mass is 361 g/mol. The molecule has 2 aromatic heterocycles. The molecule has 4 heterocycles. The van der Waals surface area contributed by atoms with Crippen molar-refractivity contribution in [2.24, 2.45) is 0 Å². The normalized spacial score (nSPS) is 18.9. The Labute approximate surface area is 151 Å². The van der Waals surface area contributed by atoms with Crippen LogP contribution in [0, 0.1) is 0 Å². The highest BCUT2D eigenvalue weighted by molar-refractivity contribution is 6.33. The lowest BCUT2D eigenvalue weighted by atomic mass is 9.78. The maximum atomic E-state index is 12.3. The van der Waals surface area contributed by atoms with Gasteiger partial charge < -0.3 is 9.64 Å². The van der Waals surface area contributed by atoms with Crippen molar-refractivity contribution >= 4 is 34.5 Å². The summed E-state index contributed by atoms with van der Waals surface area (Å²) >= 11 is 6.11. The molecule has 132 valence electrons. The van der Waals surface area contributed by atoms with Gasteiger partial charge in [-0.3, -0.25) is 4.90 Å². The molecular weight excluding hydrogens is 342 g/mol. The molecule has 2 saturated heterocycles. The summed E-state index contributed by atoms with van der Waals surface area (Å²) in [6.45, 7) is 7.89. The second-order valence-corrected chi connectivity index (χ2v) is 8.02. The molecule has 7 nitrogen and oxygen atoms in total. The van der Waals surface area contributed by atoms with Gasteiger partial charge in [-0.05, 0) is 39.3 Å². The Bertz CT molecular complexity index is 845. The Kier molecular flexibility index (Phi) is 3.54. The zero-order valence-electron chi connectivity index (χ0n) is 14.5. The molecule has 1 spiro atoms. The largest absolute Gasteiger partial charge is 0.444 e. The number of halogens is 1. The van der Waals surface area contributed by atoms with E-state index in [1.54, 1.807) is 0 Å². The molecule has 0 radical (unpaired) electrons. The van der Waals surface area contributed by atoms with E-state index >= 15 is 0 Å². The van der Waals surface area contributed by atoms with Crippen molar-refractivity contribution in [1.82, 2.24) is 19.9 Å². The number of likely N-dealkylation sites (tertiary alicyclic amines) is 1. The highest BCUT2D eigenvalue weighted by Gasteiger charge is 2.56. The third kappa shape index (κ3) is 2.76. The molecule has 2 aliphatic heterocycles. The summed E-state index contributed by atoms with van der Waals surface area (Å²) in [7, 11) is 0. The summed E-state index contributed by atoms with van der Waals surface area (Å²) in [5, 5.41) is 0.348. The van der Waals surface area contributed by atoms with Gasteiger partial charge in [0.05, 0.1) is 11.1 Å². The van der Waals surface area contributed by atoms with E-state index in [0.717, 1.165) is 37.4 Å². The maximum absolute atomic E-state index is 12.3. The molecule has 0 N–H and O–H groups in total. The zero-order valence-corrected chi connectivity index (χ0v) is 15.2. The molecule has 2 fully saturated rings. The van der Waals surface area contributed by atoms with E-state index in [2.05, 4.69) is 19.9 Å². The van der Waals surface area contributed by atoms with Gasteiger partial charge in [0, 0.05) is 19.6 Å². The highest BCUT2D eigenvalue weighted by atomic mass is 35.5. The van der Waals surface area contributed by atoms with Gasteiger partial charge in [0.25, 0.3) is 0 Å². The SMILES string of the molecule is CC(C)(C)OC(=O)N1CCC12CN(c1ccc3ncnc(Cl)c3n1)C2. The minimum absolute atomic E-state index is 0.129. The number of hydrogen-bond acceptors (Lipinski definition) is 6. The molecule has 25 heavy (non-hydrogen) atoms. The zero-order chi connectivity index (χ0) is 17.8. The van der Waals surface area contributed by atoms with Gasteiger partial charge in [-0.25, -0.2) is 19.7 Å². The van der Waals surface area contributed by atoms with Gasteiger partial charge in [-0.1, -0.05) is 11.6 Å². The van der Waals surface area contributed by atoms with Crippen LogP contribution >= 0.6 is 11.6 Å². The number of aromatic nitrogens is 3. The van der Waals surface area contributed by atoms with Crippen LogP contribution in [-0.2, 0) is 4.74 Å². The summed E-state index contributed by atoms with van der Waals surface area (Å²) in [6, 6.07) is 3.82. The summed E-state index contributed by atoms with van der Waals surface area (Å²) < 4.78 is 5.51. The van der Waals surface area contributed by atoms with Crippen molar-refractivity contribution in [1.29, 1.82) is 0 Å². The van der Waals surface area contributed by atoms with E-state index in [9.17, 15) is 4.79 Å². The standard InChI is InChI=1S/C17H20ClN5O2/c1-16(2,3)25-15(24)23-7-6-17(23)8-22(9-17)12-5-4-11-13(21-12)14(18)20-10-19-11/h4-5,10H,6-9H2,1-3H3. The lowest BCUT2D eigenvalue weighted by Gasteiger charge is -2.62. The van der Waals surface area contributed by atoms with E-state index in [1.165, 1.54) is 6.33 Å². The van der Waals surface area contributed by atoms with E-state index in [-0.39, 0.29) is 11.6 Å². The molecule has 0 aromatic carbocycles. The number of rotatable bonds is 1. The summed E-state index contributed by atoms with van der Waals surface area (Å²) in [6.07, 6.45) is 2.18. The molecule has 0 saturated carbocycles. The lowest BCUT2D eigenvalue weighted by Crippen LogP contribution is -2.78. The second kappa shape index (κ2) is 5.42. The van der Waals surface area contributed by atoms with Crippen LogP contribution in [0.3, 0.4) is 0 Å². The van der Waals surface area contributed by atoms with Crippen LogP contribution in [0.5, 0.6) is 0 Å². The summed E-state index contributed by atoms with van der Waals surface area (Å²) in [5.74, 6) is 0.825. The van der Waals surface area contributed by atoms with Crippen LogP contribution in [0.15, 0.2) is 18.5 Å². The van der Waals surface area contributed by atoms with E-state index in [0.29, 0.717) is 10.7 Å². The molecule has 1 amide bonds. The van der Waals surface area contributed by atoms with Crippen molar-refractivity contribution in [3.05, 3.63) is 23.6 Å². The van der Waals surface area contributed by atoms with Crippen LogP contribution in [-0.4, -0.2) is 56.7 Å². The molecule has 2 aromatic rings. The third-order valence-electron chi connectivity index (χ3n) is 4.70. The van der Waals surface area contributed by atoms with Crippen LogP contribution in [0.4, 0.5) is 10.6 Å². The van der Waals surface area contributed by atoms with Crippen LogP contribution in [0.2, 0.25) is 5.15 Å². The number of fused-ring (bicyclic) bond motifs is 1. The smallest absolute Gasteiger partial charge is 0.410 e. The van der Waals surface area contributed by atoms with Gasteiger partial charge in [0.2, 0.25) is 0 Å². The second-order valence-electron chi connectivity index (χ2n) is 7.66. The Morgan fingerprint density at radius 3 is 2.68 bits per heavy atom. The predicted molar refractivity (Wildman–Crippen MR) is 94.8 cm³/mol. The Balaban J connectivity index is 1.48. The lowest BCUT2D eigenvalue weighted by molar-refractivity contribution is -0.0562. The Morgan fingerprint density at radius 1 is 1.28 bits per heavy atom. The first kappa shape index (κ1) is 16.3. The topological polar surface area (TPSA) is 71.5 Å². The van der Waals surface area contributed by atoms with Crippen LogP contribution in [0.25, 0.3) is 11.0 Å². The Morgan fingerprint density at radius 2 is 2.04 bits per heavy atom. The first-order chi connectivity index (χ1) is 11.8. The van der Waals surface area contributed by atoms with Crippen molar-refractivity contribution in [3.8, 4) is 0 Å². The number of amides is 1. The number of ether oxygens (including phenoxy) is 1. The minimum atomic E-state index is -0.478. The molecule has 0 atom stereocenters. The van der Waals surface area contributed by atoms with Crippen molar-refractivity contribution < 1.29 is 9.53 Å². The van der Waals surface area contributed by atoms with E-state index < -0.39 is 5.60 Å². The molecule has 4 rings (SSSR count). The number of pyridine rings is 1. The molecule has 8 heteroatoms. The van der Waals surface area contributed by atoms with Gasteiger partial charge in [-0.15, -0.1) is 0 Å². The maximum Gasteiger partial charge on any atom is 0.410 e. The first-order valence-corrected chi connectivity index (χ1v) is 8.68. The Hall–Kier alpha value is -2.15. The van der Waals surface area contributed by atoms with E-state index in [4.69, 9.17) is 16.3 Å². The van der Waals surface area contributed by atoms with Gasteiger partial charge in [0.15, 0.2) is 5.15 Å². The average molecular weight is 362 g/mol. The number of anilines is 1. The number of hydrogen-bond donors (Lipinski definition) is 0. The fourth-order valence-electron chi connectivity index (χ4n) is 3.37. The van der Waals surface area contributed by atoms with E-state index in [1.807, 2.05) is 37.8 Å². The van der Waals surface area contributed by atoms with Gasteiger partial charge in [-0.2, -0.15) is 0 Å². The van der Waals surface area contributed by atoms with Gasteiger partial charge in [0.1, 0.15) is 23.3 Å². The quantitative estimate of drug-likeness (QED) is 0.727. The number of carbonyl (C=O) groups excluding carboxylic acids is 1. The number of carbonyl (C=O) groups is 1. The molecule has 0 unspecified atom stereocenters. The minimum Gasteiger partial charge on any atom is -0.444 e. The third-order valence-corrected chi connectivity index (χ3v) is 4.98. The fraction of sp³-hybridized carbons (Fsp3) is 0.529. The molecule has 0 aliphatic carbocycles. The molecule has 0 bridgehead atoms. The van der Waals surface area contributed by atoms with Gasteiger partial charge >= 0.3 is 6.09 Å². The van der Waals surface area contributed by atoms with Crippen LogP contribution < -0.4 is 4.90 Å². The fourth-order valence-corrected chi connectivity index (χ4v) is 3.56. The van der Waals surface area contributed by atoms with Crippen molar-refractivity contribution in [3.63, 3.8) is 0 Å². The number of nitrogens with zero attached hydrogens (tertiary/aromatic N) is 5. The summed E-state index contributed by atoms with van der Waals surface area (Å²) in [4.78, 5) is 29.1. The van der Waals surface area contributed by atoms with Crippen molar-refractivity contribution in [2.45, 2.75) is 38.3 Å². The summed E-state index contributed by atoms with van der Waals surface area (Å²) in [5.41, 5.74) is 0.711. The predicted octanol–water partition coefficient (Wildman–Crippen LogP) is 2.88. The molecular formula is C17H20ClN5O2. The van der Waals surface area contributed by atoms with Crippen LogP contribution in [0.1, 0.15) is 27.2 Å².